The number of halogens is 1. The predicted molar refractivity (Wildman–Crippen MR) is 69.7 cm³/mol. The van der Waals surface area contributed by atoms with E-state index < -0.39 is 0 Å². The standard InChI is InChI=1S/C14H18FN3/c1-10(6-12-4-3-5-14(15)7-12)18-11(2)13-8-16-17-9-13/h3-5,7-11,18H,6H2,1-2H3,(H,16,17). The van der Waals surface area contributed by atoms with Crippen LogP contribution in [0, 0.1) is 5.82 Å². The van der Waals surface area contributed by atoms with Crippen molar-refractivity contribution in [3.8, 4) is 0 Å². The van der Waals surface area contributed by atoms with Crippen molar-refractivity contribution in [2.75, 3.05) is 0 Å². The second kappa shape index (κ2) is 5.78. The normalized spacial score (nSPS) is 14.4. The minimum absolute atomic E-state index is 0.178. The van der Waals surface area contributed by atoms with Gasteiger partial charge in [0.15, 0.2) is 0 Å². The van der Waals surface area contributed by atoms with E-state index in [0.29, 0.717) is 0 Å². The van der Waals surface area contributed by atoms with Crippen LogP contribution in [0.15, 0.2) is 36.7 Å². The molecule has 1 aromatic heterocycles. The van der Waals surface area contributed by atoms with Crippen LogP contribution in [0.4, 0.5) is 4.39 Å². The molecule has 2 unspecified atom stereocenters. The summed E-state index contributed by atoms with van der Waals surface area (Å²) in [5.41, 5.74) is 2.13. The summed E-state index contributed by atoms with van der Waals surface area (Å²) < 4.78 is 13.1. The summed E-state index contributed by atoms with van der Waals surface area (Å²) in [6.45, 7) is 4.19. The molecule has 0 saturated carbocycles. The van der Waals surface area contributed by atoms with E-state index in [1.165, 1.54) is 6.07 Å². The highest BCUT2D eigenvalue weighted by atomic mass is 19.1. The molecule has 2 N–H and O–H groups in total. The molecule has 2 aromatic rings. The minimum atomic E-state index is -0.178. The summed E-state index contributed by atoms with van der Waals surface area (Å²) >= 11 is 0. The Balaban J connectivity index is 1.91. The number of nitrogens with zero attached hydrogens (tertiary/aromatic N) is 1. The fourth-order valence-corrected chi connectivity index (χ4v) is 2.10. The summed E-state index contributed by atoms with van der Waals surface area (Å²) in [6, 6.07) is 7.25. The first-order valence-electron chi connectivity index (χ1n) is 6.14. The van der Waals surface area contributed by atoms with Crippen LogP contribution in [0.5, 0.6) is 0 Å². The number of benzene rings is 1. The monoisotopic (exact) mass is 247 g/mol. The Bertz CT molecular complexity index is 482. The van der Waals surface area contributed by atoms with E-state index in [0.717, 1.165) is 17.5 Å². The van der Waals surface area contributed by atoms with Gasteiger partial charge in [0.2, 0.25) is 0 Å². The fourth-order valence-electron chi connectivity index (χ4n) is 2.10. The molecule has 0 aliphatic rings. The highest BCUT2D eigenvalue weighted by molar-refractivity contribution is 5.17. The van der Waals surface area contributed by atoms with Gasteiger partial charge in [-0.3, -0.25) is 5.10 Å². The third-order valence-electron chi connectivity index (χ3n) is 2.98. The highest BCUT2D eigenvalue weighted by Crippen LogP contribution is 2.12. The molecule has 3 nitrogen and oxygen atoms in total. The molecule has 0 amide bonds. The Kier molecular flexibility index (Phi) is 4.10. The Hall–Kier alpha value is -1.68. The van der Waals surface area contributed by atoms with Crippen molar-refractivity contribution in [1.29, 1.82) is 0 Å². The van der Waals surface area contributed by atoms with Gasteiger partial charge < -0.3 is 5.32 Å². The zero-order valence-electron chi connectivity index (χ0n) is 10.7. The first-order chi connectivity index (χ1) is 8.65. The van der Waals surface area contributed by atoms with E-state index in [1.54, 1.807) is 12.1 Å². The van der Waals surface area contributed by atoms with Crippen LogP contribution in [-0.4, -0.2) is 16.2 Å². The van der Waals surface area contributed by atoms with Gasteiger partial charge in [0.05, 0.1) is 6.20 Å². The number of nitrogens with one attached hydrogen (secondary N) is 2. The maximum Gasteiger partial charge on any atom is 0.123 e. The molecule has 0 saturated heterocycles. The van der Waals surface area contributed by atoms with E-state index >= 15 is 0 Å². The summed E-state index contributed by atoms with van der Waals surface area (Å²) in [5, 5.41) is 10.2. The first-order valence-corrected chi connectivity index (χ1v) is 6.14. The number of aromatic amines is 1. The van der Waals surface area contributed by atoms with Crippen LogP contribution < -0.4 is 5.32 Å². The zero-order chi connectivity index (χ0) is 13.0. The van der Waals surface area contributed by atoms with E-state index in [-0.39, 0.29) is 17.9 Å². The smallest absolute Gasteiger partial charge is 0.123 e. The van der Waals surface area contributed by atoms with Gasteiger partial charge in [0.25, 0.3) is 0 Å². The summed E-state index contributed by atoms with van der Waals surface area (Å²) in [5.74, 6) is -0.178. The molecule has 96 valence electrons. The summed E-state index contributed by atoms with van der Waals surface area (Å²) in [4.78, 5) is 0. The van der Waals surface area contributed by atoms with E-state index in [1.807, 2.05) is 18.5 Å². The summed E-state index contributed by atoms with van der Waals surface area (Å²) in [7, 11) is 0. The van der Waals surface area contributed by atoms with Gasteiger partial charge in [-0.1, -0.05) is 12.1 Å². The molecule has 18 heavy (non-hydrogen) atoms. The molecular formula is C14H18FN3. The van der Waals surface area contributed by atoms with Crippen molar-refractivity contribution >= 4 is 0 Å². The fraction of sp³-hybridized carbons (Fsp3) is 0.357. The molecule has 0 radical (unpaired) electrons. The van der Waals surface area contributed by atoms with Gasteiger partial charge in [-0.25, -0.2) is 4.39 Å². The van der Waals surface area contributed by atoms with Crippen molar-refractivity contribution in [1.82, 2.24) is 15.5 Å². The average molecular weight is 247 g/mol. The van der Waals surface area contributed by atoms with Crippen LogP contribution in [-0.2, 0) is 6.42 Å². The van der Waals surface area contributed by atoms with Crippen LogP contribution in [0.25, 0.3) is 0 Å². The first kappa shape index (κ1) is 12.8. The third kappa shape index (κ3) is 3.40. The number of aromatic nitrogens is 2. The lowest BCUT2D eigenvalue weighted by atomic mass is 10.1. The van der Waals surface area contributed by atoms with Gasteiger partial charge in [-0.2, -0.15) is 5.10 Å². The SMILES string of the molecule is CC(Cc1cccc(F)c1)NC(C)c1cn[nH]c1. The predicted octanol–water partition coefficient (Wildman–Crippen LogP) is 2.83. The Morgan fingerprint density at radius 1 is 1.39 bits per heavy atom. The third-order valence-corrected chi connectivity index (χ3v) is 2.98. The second-order valence-electron chi connectivity index (χ2n) is 4.66. The van der Waals surface area contributed by atoms with E-state index in [9.17, 15) is 4.39 Å². The molecule has 0 bridgehead atoms. The van der Waals surface area contributed by atoms with Gasteiger partial charge in [0.1, 0.15) is 5.82 Å². The van der Waals surface area contributed by atoms with E-state index in [2.05, 4.69) is 29.4 Å². The van der Waals surface area contributed by atoms with Crippen LogP contribution in [0.1, 0.15) is 31.0 Å². The lowest BCUT2D eigenvalue weighted by Gasteiger charge is -2.19. The topological polar surface area (TPSA) is 40.7 Å². The van der Waals surface area contributed by atoms with E-state index in [4.69, 9.17) is 0 Å². The lowest BCUT2D eigenvalue weighted by Crippen LogP contribution is -2.30. The second-order valence-corrected chi connectivity index (χ2v) is 4.66. The van der Waals surface area contributed by atoms with Crippen molar-refractivity contribution < 1.29 is 4.39 Å². The largest absolute Gasteiger partial charge is 0.307 e. The molecule has 4 heteroatoms. The number of H-pyrrole nitrogens is 1. The quantitative estimate of drug-likeness (QED) is 0.853. The van der Waals surface area contributed by atoms with Gasteiger partial charge in [0, 0.05) is 23.8 Å². The molecule has 1 heterocycles. The highest BCUT2D eigenvalue weighted by Gasteiger charge is 2.10. The lowest BCUT2D eigenvalue weighted by molar-refractivity contribution is 0.476. The Morgan fingerprint density at radius 3 is 2.89 bits per heavy atom. The van der Waals surface area contributed by atoms with Crippen molar-refractivity contribution in [2.24, 2.45) is 0 Å². The maximum absolute atomic E-state index is 13.1. The molecule has 2 atom stereocenters. The molecular weight excluding hydrogens is 229 g/mol. The Morgan fingerprint density at radius 2 is 2.22 bits per heavy atom. The minimum Gasteiger partial charge on any atom is -0.307 e. The molecule has 0 aliphatic heterocycles. The van der Waals surface area contributed by atoms with Gasteiger partial charge >= 0.3 is 0 Å². The molecule has 2 rings (SSSR count). The number of rotatable bonds is 5. The molecule has 0 fully saturated rings. The van der Waals surface area contributed by atoms with Gasteiger partial charge in [-0.15, -0.1) is 0 Å². The molecule has 0 spiro atoms. The Labute approximate surface area is 106 Å². The average Bonchev–Trinajstić information content (AvgIpc) is 2.81. The molecule has 1 aromatic carbocycles. The van der Waals surface area contributed by atoms with Crippen LogP contribution >= 0.6 is 0 Å². The van der Waals surface area contributed by atoms with Crippen molar-refractivity contribution in [3.63, 3.8) is 0 Å². The van der Waals surface area contributed by atoms with Crippen molar-refractivity contribution in [3.05, 3.63) is 53.6 Å². The van der Waals surface area contributed by atoms with Gasteiger partial charge in [-0.05, 0) is 38.0 Å². The van der Waals surface area contributed by atoms with Crippen LogP contribution in [0.3, 0.4) is 0 Å². The molecule has 0 aliphatic carbocycles. The summed E-state index contributed by atoms with van der Waals surface area (Å²) in [6.07, 6.45) is 4.50. The maximum atomic E-state index is 13.1. The zero-order valence-corrected chi connectivity index (χ0v) is 10.7. The number of hydrogen-bond donors (Lipinski definition) is 2. The number of hydrogen-bond acceptors (Lipinski definition) is 2. The van der Waals surface area contributed by atoms with Crippen LogP contribution in [0.2, 0.25) is 0 Å². The van der Waals surface area contributed by atoms with Crippen molar-refractivity contribution in [2.45, 2.75) is 32.4 Å².